The summed E-state index contributed by atoms with van der Waals surface area (Å²) in [6.45, 7) is 6.86. The van der Waals surface area contributed by atoms with Crippen LogP contribution in [0.2, 0.25) is 0 Å². The molecular weight excluding hydrogens is 122 g/mol. The van der Waals surface area contributed by atoms with Gasteiger partial charge >= 0.3 is 0 Å². The maximum absolute atomic E-state index is 5.79. The van der Waals surface area contributed by atoms with Crippen molar-refractivity contribution in [1.29, 1.82) is 0 Å². The molecule has 0 spiro atoms. The Bertz CT molecular complexity index is 120. The van der Waals surface area contributed by atoms with Gasteiger partial charge in [-0.05, 0) is 24.2 Å². The predicted octanol–water partition coefficient (Wildman–Crippen LogP) is 2.16. The van der Waals surface area contributed by atoms with Crippen LogP contribution in [0.5, 0.6) is 0 Å². The topological polar surface area (TPSA) is 26.0 Å². The molecule has 2 atom stereocenters. The Morgan fingerprint density at radius 2 is 2.10 bits per heavy atom. The van der Waals surface area contributed by atoms with Crippen molar-refractivity contribution in [2.45, 2.75) is 46.1 Å². The monoisotopic (exact) mass is 141 g/mol. The molecule has 0 radical (unpaired) electrons. The Hall–Kier alpha value is -0.0400. The molecule has 10 heavy (non-hydrogen) atoms. The number of nitrogens with two attached hydrogens (primary N) is 1. The molecule has 1 aliphatic rings. The van der Waals surface area contributed by atoms with Crippen LogP contribution in [-0.2, 0) is 0 Å². The number of hydrogen-bond donors (Lipinski definition) is 1. The van der Waals surface area contributed by atoms with Gasteiger partial charge in [0, 0.05) is 6.04 Å². The first-order valence-electron chi connectivity index (χ1n) is 4.30. The van der Waals surface area contributed by atoms with Crippen molar-refractivity contribution < 1.29 is 0 Å². The van der Waals surface area contributed by atoms with E-state index in [0.29, 0.717) is 11.5 Å². The minimum absolute atomic E-state index is 0.506. The lowest BCUT2D eigenvalue weighted by atomic mass is 9.96. The smallest absolute Gasteiger partial charge is 0.00992 e. The van der Waals surface area contributed by atoms with Crippen LogP contribution in [0.15, 0.2) is 0 Å². The van der Waals surface area contributed by atoms with Crippen LogP contribution in [0.25, 0.3) is 0 Å². The summed E-state index contributed by atoms with van der Waals surface area (Å²) >= 11 is 0. The maximum Gasteiger partial charge on any atom is 0.00992 e. The maximum atomic E-state index is 5.79. The van der Waals surface area contributed by atoms with E-state index >= 15 is 0 Å². The average molecular weight is 141 g/mol. The molecule has 0 saturated heterocycles. The molecule has 1 nitrogen and oxygen atoms in total. The van der Waals surface area contributed by atoms with Gasteiger partial charge in [-0.25, -0.2) is 0 Å². The molecular formula is C9H19N. The van der Waals surface area contributed by atoms with Crippen molar-refractivity contribution in [1.82, 2.24) is 0 Å². The van der Waals surface area contributed by atoms with E-state index in [2.05, 4.69) is 20.8 Å². The van der Waals surface area contributed by atoms with E-state index in [-0.39, 0.29) is 0 Å². The molecule has 0 amide bonds. The number of rotatable bonds is 3. The van der Waals surface area contributed by atoms with Crippen LogP contribution in [0.3, 0.4) is 0 Å². The van der Waals surface area contributed by atoms with Crippen molar-refractivity contribution >= 4 is 0 Å². The van der Waals surface area contributed by atoms with E-state index in [1.807, 2.05) is 0 Å². The Balaban J connectivity index is 2.15. The summed E-state index contributed by atoms with van der Waals surface area (Å²) in [6, 6.07) is 0.506. The molecule has 0 aromatic heterocycles. The van der Waals surface area contributed by atoms with Gasteiger partial charge in [-0.1, -0.05) is 27.2 Å². The van der Waals surface area contributed by atoms with Crippen LogP contribution >= 0.6 is 0 Å². The fourth-order valence-corrected chi connectivity index (χ4v) is 1.35. The van der Waals surface area contributed by atoms with Crippen molar-refractivity contribution in [3.63, 3.8) is 0 Å². The molecule has 60 valence electrons. The third-order valence-corrected chi connectivity index (χ3v) is 2.71. The summed E-state index contributed by atoms with van der Waals surface area (Å²) in [5, 5.41) is 0. The third-order valence-electron chi connectivity index (χ3n) is 2.71. The van der Waals surface area contributed by atoms with Gasteiger partial charge in [0.05, 0.1) is 0 Å². The predicted molar refractivity (Wildman–Crippen MR) is 44.8 cm³/mol. The second kappa shape index (κ2) is 2.54. The van der Waals surface area contributed by atoms with E-state index in [1.54, 1.807) is 0 Å². The zero-order valence-electron chi connectivity index (χ0n) is 7.35. The molecule has 2 N–H and O–H groups in total. The second-order valence-corrected chi connectivity index (χ2v) is 4.40. The molecule has 1 heteroatoms. The van der Waals surface area contributed by atoms with Crippen LogP contribution in [0, 0.1) is 11.3 Å². The van der Waals surface area contributed by atoms with E-state index < -0.39 is 0 Å². The third kappa shape index (κ3) is 1.72. The zero-order chi connectivity index (χ0) is 7.78. The van der Waals surface area contributed by atoms with Gasteiger partial charge in [-0.15, -0.1) is 0 Å². The quantitative estimate of drug-likeness (QED) is 0.640. The van der Waals surface area contributed by atoms with Crippen LogP contribution in [0.4, 0.5) is 0 Å². The van der Waals surface area contributed by atoms with E-state index in [0.717, 1.165) is 5.92 Å². The van der Waals surface area contributed by atoms with Crippen molar-refractivity contribution in [3.05, 3.63) is 0 Å². The second-order valence-electron chi connectivity index (χ2n) is 4.40. The molecule has 0 heterocycles. The molecule has 1 fully saturated rings. The lowest BCUT2D eigenvalue weighted by Crippen LogP contribution is -2.11. The molecule has 0 aliphatic heterocycles. The first-order valence-corrected chi connectivity index (χ1v) is 4.30. The molecule has 1 aliphatic carbocycles. The highest BCUT2D eigenvalue weighted by molar-refractivity contribution is 5.02. The van der Waals surface area contributed by atoms with E-state index in [9.17, 15) is 0 Å². The molecule has 1 saturated carbocycles. The Kier molecular flexibility index (Phi) is 2.04. The van der Waals surface area contributed by atoms with Gasteiger partial charge in [0.1, 0.15) is 0 Å². The Labute approximate surface area is 64.0 Å². The van der Waals surface area contributed by atoms with Gasteiger partial charge in [-0.2, -0.15) is 0 Å². The molecule has 2 unspecified atom stereocenters. The normalized spacial score (nSPS) is 38.7. The van der Waals surface area contributed by atoms with Crippen LogP contribution in [-0.4, -0.2) is 6.04 Å². The van der Waals surface area contributed by atoms with Gasteiger partial charge in [0.25, 0.3) is 0 Å². The standard InChI is InChI=1S/C9H19N/c1-7(2)4-5-9(3)6-8(9)10/h7-8H,4-6,10H2,1-3H3. The summed E-state index contributed by atoms with van der Waals surface area (Å²) in [5.41, 5.74) is 6.31. The summed E-state index contributed by atoms with van der Waals surface area (Å²) in [7, 11) is 0. The lowest BCUT2D eigenvalue weighted by molar-refractivity contribution is 0.424. The molecule has 0 aromatic rings. The molecule has 1 rings (SSSR count). The molecule has 0 aromatic carbocycles. The van der Waals surface area contributed by atoms with Crippen LogP contribution in [0.1, 0.15) is 40.0 Å². The fraction of sp³-hybridized carbons (Fsp3) is 1.00. The SMILES string of the molecule is CC(C)CCC1(C)CC1N. The first-order chi connectivity index (χ1) is 4.54. The minimum Gasteiger partial charge on any atom is -0.327 e. The molecule has 0 bridgehead atoms. The summed E-state index contributed by atoms with van der Waals surface area (Å²) in [6.07, 6.45) is 3.91. The highest BCUT2D eigenvalue weighted by atomic mass is 14.8. The minimum atomic E-state index is 0.506. The van der Waals surface area contributed by atoms with E-state index in [4.69, 9.17) is 5.73 Å². The lowest BCUT2D eigenvalue weighted by Gasteiger charge is -2.10. The van der Waals surface area contributed by atoms with Gasteiger partial charge < -0.3 is 5.73 Å². The average Bonchev–Trinajstić information content (AvgIpc) is 2.38. The van der Waals surface area contributed by atoms with Crippen LogP contribution < -0.4 is 5.73 Å². The summed E-state index contributed by atoms with van der Waals surface area (Å²) in [5.74, 6) is 0.838. The van der Waals surface area contributed by atoms with Crippen molar-refractivity contribution in [3.8, 4) is 0 Å². The van der Waals surface area contributed by atoms with Crippen molar-refractivity contribution in [2.24, 2.45) is 17.1 Å². The van der Waals surface area contributed by atoms with Gasteiger partial charge in [0.15, 0.2) is 0 Å². The van der Waals surface area contributed by atoms with Crippen molar-refractivity contribution in [2.75, 3.05) is 0 Å². The summed E-state index contributed by atoms with van der Waals surface area (Å²) < 4.78 is 0. The van der Waals surface area contributed by atoms with Gasteiger partial charge in [-0.3, -0.25) is 0 Å². The Morgan fingerprint density at radius 1 is 1.60 bits per heavy atom. The van der Waals surface area contributed by atoms with Gasteiger partial charge in [0.2, 0.25) is 0 Å². The summed E-state index contributed by atoms with van der Waals surface area (Å²) in [4.78, 5) is 0. The fourth-order valence-electron chi connectivity index (χ4n) is 1.35. The Morgan fingerprint density at radius 3 is 2.40 bits per heavy atom. The first kappa shape index (κ1) is 8.06. The zero-order valence-corrected chi connectivity index (χ0v) is 7.35. The number of hydrogen-bond acceptors (Lipinski definition) is 1. The van der Waals surface area contributed by atoms with E-state index in [1.165, 1.54) is 19.3 Å². The largest absolute Gasteiger partial charge is 0.327 e. The highest BCUT2D eigenvalue weighted by Crippen LogP contribution is 2.48. The highest BCUT2D eigenvalue weighted by Gasteiger charge is 2.46.